The highest BCUT2D eigenvalue weighted by Gasteiger charge is 2.21. The van der Waals surface area contributed by atoms with Crippen molar-refractivity contribution in [2.24, 2.45) is 5.41 Å². The van der Waals surface area contributed by atoms with E-state index in [-0.39, 0.29) is 11.5 Å². The summed E-state index contributed by atoms with van der Waals surface area (Å²) < 4.78 is 0. The van der Waals surface area contributed by atoms with E-state index in [1.165, 1.54) is 5.56 Å². The van der Waals surface area contributed by atoms with E-state index in [9.17, 15) is 0 Å². The van der Waals surface area contributed by atoms with Gasteiger partial charge in [-0.1, -0.05) is 63.9 Å². The molecule has 0 aliphatic rings. The summed E-state index contributed by atoms with van der Waals surface area (Å²) in [6.45, 7) is 8.92. The summed E-state index contributed by atoms with van der Waals surface area (Å²) in [5, 5.41) is 3.59. The van der Waals surface area contributed by atoms with Gasteiger partial charge in [-0.2, -0.15) is 0 Å². The SMILES string of the molecule is C#CC(CC)NC(CC(C)(C)C)c1ccccc1. The van der Waals surface area contributed by atoms with Crippen molar-refractivity contribution in [1.29, 1.82) is 0 Å². The van der Waals surface area contributed by atoms with Gasteiger partial charge in [0.05, 0.1) is 6.04 Å². The Morgan fingerprint density at radius 1 is 1.22 bits per heavy atom. The lowest BCUT2D eigenvalue weighted by Gasteiger charge is -2.29. The third kappa shape index (κ3) is 4.94. The minimum atomic E-state index is 0.151. The van der Waals surface area contributed by atoms with Gasteiger partial charge in [0.2, 0.25) is 0 Å². The summed E-state index contributed by atoms with van der Waals surface area (Å²) in [5.74, 6) is 2.83. The van der Waals surface area contributed by atoms with Crippen LogP contribution in [0.4, 0.5) is 0 Å². The fourth-order valence-electron chi connectivity index (χ4n) is 2.10. The van der Waals surface area contributed by atoms with Gasteiger partial charge in [-0.05, 0) is 23.8 Å². The Labute approximate surface area is 112 Å². The van der Waals surface area contributed by atoms with Crippen LogP contribution in [0.25, 0.3) is 0 Å². The zero-order valence-electron chi connectivity index (χ0n) is 12.0. The molecule has 2 unspecified atom stereocenters. The van der Waals surface area contributed by atoms with Crippen LogP contribution in [0.5, 0.6) is 0 Å². The van der Waals surface area contributed by atoms with Crippen LogP contribution < -0.4 is 5.32 Å². The van der Waals surface area contributed by atoms with Crippen LogP contribution in [0.2, 0.25) is 0 Å². The van der Waals surface area contributed by atoms with Crippen molar-refractivity contribution >= 4 is 0 Å². The molecule has 0 aliphatic heterocycles. The molecule has 0 heterocycles. The van der Waals surface area contributed by atoms with Crippen molar-refractivity contribution in [3.8, 4) is 12.3 Å². The van der Waals surface area contributed by atoms with E-state index < -0.39 is 0 Å². The molecular formula is C17H25N. The first kappa shape index (κ1) is 14.8. The van der Waals surface area contributed by atoms with Crippen LogP contribution >= 0.6 is 0 Å². The van der Waals surface area contributed by atoms with Crippen LogP contribution in [0.3, 0.4) is 0 Å². The van der Waals surface area contributed by atoms with Crippen molar-refractivity contribution in [2.75, 3.05) is 0 Å². The lowest BCUT2D eigenvalue weighted by Crippen LogP contribution is -2.33. The van der Waals surface area contributed by atoms with E-state index in [4.69, 9.17) is 6.42 Å². The molecule has 1 rings (SSSR count). The molecule has 2 atom stereocenters. The quantitative estimate of drug-likeness (QED) is 0.766. The fourth-order valence-corrected chi connectivity index (χ4v) is 2.10. The van der Waals surface area contributed by atoms with E-state index in [0.29, 0.717) is 6.04 Å². The van der Waals surface area contributed by atoms with Gasteiger partial charge in [-0.25, -0.2) is 0 Å². The first-order valence-corrected chi connectivity index (χ1v) is 6.73. The number of rotatable bonds is 5. The summed E-state index contributed by atoms with van der Waals surface area (Å²) in [7, 11) is 0. The molecule has 0 spiro atoms. The van der Waals surface area contributed by atoms with E-state index in [1.807, 2.05) is 0 Å². The lowest BCUT2D eigenvalue weighted by atomic mass is 9.85. The number of hydrogen-bond acceptors (Lipinski definition) is 1. The molecule has 1 aromatic rings. The van der Waals surface area contributed by atoms with Crippen LogP contribution in [-0.2, 0) is 0 Å². The predicted molar refractivity (Wildman–Crippen MR) is 79.3 cm³/mol. The van der Waals surface area contributed by atoms with Gasteiger partial charge in [0, 0.05) is 6.04 Å². The van der Waals surface area contributed by atoms with Crippen molar-refractivity contribution in [2.45, 2.75) is 52.6 Å². The summed E-state index contributed by atoms with van der Waals surface area (Å²) in [6.07, 6.45) is 7.60. The first-order chi connectivity index (χ1) is 8.46. The molecule has 0 radical (unpaired) electrons. The molecule has 1 aromatic carbocycles. The second-order valence-electron chi connectivity index (χ2n) is 6.02. The average molecular weight is 243 g/mol. The molecule has 0 aliphatic carbocycles. The highest BCUT2D eigenvalue weighted by atomic mass is 14.9. The van der Waals surface area contributed by atoms with Crippen molar-refractivity contribution in [1.82, 2.24) is 5.32 Å². The second kappa shape index (κ2) is 6.61. The van der Waals surface area contributed by atoms with Gasteiger partial charge < -0.3 is 0 Å². The number of benzene rings is 1. The predicted octanol–water partition coefficient (Wildman–Crippen LogP) is 4.17. The molecule has 1 heteroatoms. The summed E-state index contributed by atoms with van der Waals surface area (Å²) in [6, 6.07) is 11.0. The average Bonchev–Trinajstić information content (AvgIpc) is 2.34. The monoisotopic (exact) mass is 243 g/mol. The highest BCUT2D eigenvalue weighted by molar-refractivity contribution is 5.20. The van der Waals surface area contributed by atoms with E-state index >= 15 is 0 Å². The normalized spacial score (nSPS) is 14.8. The summed E-state index contributed by atoms with van der Waals surface area (Å²) in [5.41, 5.74) is 1.60. The first-order valence-electron chi connectivity index (χ1n) is 6.73. The maximum absolute atomic E-state index is 5.56. The molecule has 0 aromatic heterocycles. The molecular weight excluding hydrogens is 218 g/mol. The number of nitrogens with one attached hydrogen (secondary N) is 1. The highest BCUT2D eigenvalue weighted by Crippen LogP contribution is 2.29. The largest absolute Gasteiger partial charge is 0.297 e. The van der Waals surface area contributed by atoms with E-state index in [1.54, 1.807) is 0 Å². The lowest BCUT2D eigenvalue weighted by molar-refractivity contribution is 0.302. The Morgan fingerprint density at radius 3 is 2.28 bits per heavy atom. The number of hydrogen-bond donors (Lipinski definition) is 1. The van der Waals surface area contributed by atoms with Gasteiger partial charge in [-0.3, -0.25) is 5.32 Å². The molecule has 1 nitrogen and oxygen atoms in total. The fraction of sp³-hybridized carbons (Fsp3) is 0.529. The summed E-state index contributed by atoms with van der Waals surface area (Å²) >= 11 is 0. The van der Waals surface area contributed by atoms with Gasteiger partial charge >= 0.3 is 0 Å². The summed E-state index contributed by atoms with van der Waals surface area (Å²) in [4.78, 5) is 0. The van der Waals surface area contributed by atoms with Crippen LogP contribution in [-0.4, -0.2) is 6.04 Å². The minimum Gasteiger partial charge on any atom is -0.297 e. The Morgan fingerprint density at radius 2 is 1.83 bits per heavy atom. The topological polar surface area (TPSA) is 12.0 Å². The number of terminal acetylenes is 1. The van der Waals surface area contributed by atoms with Crippen LogP contribution in [0.1, 0.15) is 52.1 Å². The van der Waals surface area contributed by atoms with E-state index in [0.717, 1.165) is 12.8 Å². The molecule has 0 saturated heterocycles. The molecule has 0 fully saturated rings. The molecule has 0 amide bonds. The second-order valence-corrected chi connectivity index (χ2v) is 6.02. The molecule has 1 N–H and O–H groups in total. The molecule has 98 valence electrons. The van der Waals surface area contributed by atoms with Crippen molar-refractivity contribution in [3.05, 3.63) is 35.9 Å². The standard InChI is InChI=1S/C17H25N/c1-6-15(7-2)18-16(13-17(3,4)5)14-11-9-8-10-12-14/h1,8-12,15-16,18H,7,13H2,2-5H3. The zero-order chi connectivity index (χ0) is 13.6. The zero-order valence-corrected chi connectivity index (χ0v) is 12.0. The Balaban J connectivity index is 2.86. The van der Waals surface area contributed by atoms with Crippen molar-refractivity contribution in [3.63, 3.8) is 0 Å². The maximum Gasteiger partial charge on any atom is 0.0689 e. The van der Waals surface area contributed by atoms with Crippen molar-refractivity contribution < 1.29 is 0 Å². The Bertz CT molecular complexity index is 380. The smallest absolute Gasteiger partial charge is 0.0689 e. The van der Waals surface area contributed by atoms with Gasteiger partial charge in [-0.15, -0.1) is 6.42 Å². The Hall–Kier alpha value is -1.26. The molecule has 0 saturated carbocycles. The van der Waals surface area contributed by atoms with Crippen LogP contribution in [0.15, 0.2) is 30.3 Å². The van der Waals surface area contributed by atoms with E-state index in [2.05, 4.69) is 69.3 Å². The Kier molecular flexibility index (Phi) is 5.44. The van der Waals surface area contributed by atoms with Gasteiger partial charge in [0.25, 0.3) is 0 Å². The third-order valence-corrected chi connectivity index (χ3v) is 3.03. The maximum atomic E-state index is 5.56. The van der Waals surface area contributed by atoms with Crippen LogP contribution in [0, 0.1) is 17.8 Å². The van der Waals surface area contributed by atoms with Gasteiger partial charge in [0.15, 0.2) is 0 Å². The van der Waals surface area contributed by atoms with Gasteiger partial charge in [0.1, 0.15) is 0 Å². The molecule has 0 bridgehead atoms. The minimum absolute atomic E-state index is 0.151. The molecule has 18 heavy (non-hydrogen) atoms. The third-order valence-electron chi connectivity index (χ3n) is 3.03.